The van der Waals surface area contributed by atoms with E-state index in [2.05, 4.69) is 40.2 Å². The van der Waals surface area contributed by atoms with E-state index in [0.717, 1.165) is 23.2 Å². The van der Waals surface area contributed by atoms with Crippen molar-refractivity contribution in [1.29, 1.82) is 0 Å². The molecule has 4 aromatic rings. The zero-order valence-corrected chi connectivity index (χ0v) is 19.5. The monoisotopic (exact) mass is 463 g/mol. The number of hydrogen-bond acceptors (Lipinski definition) is 3. The molecule has 0 aliphatic carbocycles. The third-order valence-corrected chi connectivity index (χ3v) is 5.59. The molecule has 4 aromatic carbocycles. The lowest BCUT2D eigenvalue weighted by Crippen LogP contribution is -2.24. The highest BCUT2D eigenvalue weighted by Crippen LogP contribution is 2.13. The Morgan fingerprint density at radius 3 is 1.29 bits per heavy atom. The van der Waals surface area contributed by atoms with Crippen LogP contribution in [0.15, 0.2) is 109 Å². The number of carbonyl (C=O) groups is 2. The largest absolute Gasteiger partial charge is 0.348 e. The molecule has 0 aliphatic rings. The van der Waals surface area contributed by atoms with E-state index in [-0.39, 0.29) is 11.8 Å². The van der Waals surface area contributed by atoms with Crippen LogP contribution in [0.5, 0.6) is 0 Å². The molecule has 0 heterocycles. The second kappa shape index (κ2) is 12.3. The molecule has 35 heavy (non-hydrogen) atoms. The van der Waals surface area contributed by atoms with Gasteiger partial charge in [0, 0.05) is 37.3 Å². The van der Waals surface area contributed by atoms with Gasteiger partial charge in [0.15, 0.2) is 0 Å². The van der Waals surface area contributed by atoms with E-state index in [1.807, 2.05) is 60.7 Å². The summed E-state index contributed by atoms with van der Waals surface area (Å²) in [5.41, 5.74) is 5.53. The average molecular weight is 464 g/mol. The Labute approximate surface area is 206 Å². The Morgan fingerprint density at radius 1 is 0.457 bits per heavy atom. The fraction of sp³-hybridized carbons (Fsp3) is 0.133. The van der Waals surface area contributed by atoms with Crippen molar-refractivity contribution in [3.05, 3.63) is 143 Å². The van der Waals surface area contributed by atoms with E-state index >= 15 is 0 Å². The van der Waals surface area contributed by atoms with E-state index in [4.69, 9.17) is 0 Å². The molecular formula is C30H29N3O2. The van der Waals surface area contributed by atoms with Gasteiger partial charge in [0.25, 0.3) is 11.8 Å². The van der Waals surface area contributed by atoms with Crippen LogP contribution in [0.2, 0.25) is 0 Å². The summed E-state index contributed by atoms with van der Waals surface area (Å²) in [6, 6.07) is 34.8. The minimum absolute atomic E-state index is 0.114. The van der Waals surface area contributed by atoms with E-state index in [0.29, 0.717) is 30.8 Å². The maximum absolute atomic E-state index is 12.5. The lowest BCUT2D eigenvalue weighted by Gasteiger charge is -2.13. The second-order valence-corrected chi connectivity index (χ2v) is 8.34. The number of amides is 2. The highest BCUT2D eigenvalue weighted by Gasteiger charge is 2.08. The van der Waals surface area contributed by atoms with Crippen molar-refractivity contribution >= 4 is 11.8 Å². The van der Waals surface area contributed by atoms with Gasteiger partial charge in [-0.25, -0.2) is 0 Å². The molecule has 0 unspecified atom stereocenters. The lowest BCUT2D eigenvalue weighted by molar-refractivity contribution is 0.0943. The Morgan fingerprint density at radius 2 is 0.829 bits per heavy atom. The van der Waals surface area contributed by atoms with Gasteiger partial charge in [0.2, 0.25) is 0 Å². The first-order valence-corrected chi connectivity index (χ1v) is 11.7. The lowest BCUT2D eigenvalue weighted by atomic mass is 10.0. The predicted octanol–water partition coefficient (Wildman–Crippen LogP) is 4.84. The van der Waals surface area contributed by atoms with Crippen LogP contribution in [0.1, 0.15) is 43.0 Å². The van der Waals surface area contributed by atoms with Gasteiger partial charge < -0.3 is 16.0 Å². The van der Waals surface area contributed by atoms with Gasteiger partial charge in [-0.1, -0.05) is 84.9 Å². The minimum atomic E-state index is -0.114. The summed E-state index contributed by atoms with van der Waals surface area (Å²) in [5.74, 6) is -0.228. The standard InChI is InChI=1S/C30H29N3O2/c34-29(27-12-6-2-7-13-27)32-21-25-16-24(20-31-19-23-10-4-1-5-11-23)17-26(18-25)22-33-30(35)28-14-8-3-9-15-28/h1-18,31H,19-22H2,(H,32,34)(H,33,35). The summed E-state index contributed by atoms with van der Waals surface area (Å²) >= 11 is 0. The van der Waals surface area contributed by atoms with Crippen molar-refractivity contribution in [2.45, 2.75) is 26.2 Å². The molecule has 0 aromatic heterocycles. The molecule has 0 aliphatic heterocycles. The summed E-state index contributed by atoms with van der Waals surface area (Å²) in [6.07, 6.45) is 0. The summed E-state index contributed by atoms with van der Waals surface area (Å²) in [4.78, 5) is 25.0. The average Bonchev–Trinajstić information content (AvgIpc) is 2.92. The van der Waals surface area contributed by atoms with Gasteiger partial charge in [0.1, 0.15) is 0 Å². The molecule has 0 saturated heterocycles. The van der Waals surface area contributed by atoms with Crippen LogP contribution in [0.3, 0.4) is 0 Å². The molecule has 0 atom stereocenters. The van der Waals surface area contributed by atoms with E-state index in [1.54, 1.807) is 24.3 Å². The first-order valence-electron chi connectivity index (χ1n) is 11.7. The van der Waals surface area contributed by atoms with Crippen molar-refractivity contribution < 1.29 is 9.59 Å². The first-order chi connectivity index (χ1) is 17.2. The molecule has 0 fully saturated rings. The number of carbonyl (C=O) groups excluding carboxylic acids is 2. The molecule has 5 nitrogen and oxygen atoms in total. The Kier molecular flexibility index (Phi) is 8.41. The third-order valence-electron chi connectivity index (χ3n) is 5.59. The van der Waals surface area contributed by atoms with Crippen molar-refractivity contribution in [3.63, 3.8) is 0 Å². The summed E-state index contributed by atoms with van der Waals surface area (Å²) in [7, 11) is 0. The topological polar surface area (TPSA) is 70.2 Å². The Bertz CT molecular complexity index is 1170. The molecule has 2 amide bonds. The number of nitrogens with one attached hydrogen (secondary N) is 3. The van der Waals surface area contributed by atoms with Gasteiger partial charge in [-0.15, -0.1) is 0 Å². The van der Waals surface area contributed by atoms with Gasteiger partial charge >= 0.3 is 0 Å². The molecule has 0 radical (unpaired) electrons. The number of hydrogen-bond donors (Lipinski definition) is 3. The Hall–Kier alpha value is -4.22. The maximum Gasteiger partial charge on any atom is 0.251 e. The van der Waals surface area contributed by atoms with Crippen LogP contribution in [-0.4, -0.2) is 11.8 Å². The van der Waals surface area contributed by atoms with E-state index in [9.17, 15) is 9.59 Å². The highest BCUT2D eigenvalue weighted by molar-refractivity contribution is 5.94. The van der Waals surface area contributed by atoms with Crippen LogP contribution in [-0.2, 0) is 26.2 Å². The molecule has 0 saturated carbocycles. The van der Waals surface area contributed by atoms with Crippen molar-refractivity contribution in [2.75, 3.05) is 0 Å². The third kappa shape index (κ3) is 7.39. The van der Waals surface area contributed by atoms with Crippen LogP contribution in [0, 0.1) is 0 Å². The normalized spacial score (nSPS) is 10.5. The zero-order chi connectivity index (χ0) is 24.3. The smallest absolute Gasteiger partial charge is 0.251 e. The second-order valence-electron chi connectivity index (χ2n) is 8.34. The van der Waals surface area contributed by atoms with Gasteiger partial charge in [-0.05, 0) is 46.5 Å². The Balaban J connectivity index is 1.43. The summed E-state index contributed by atoms with van der Waals surface area (Å²) < 4.78 is 0. The molecule has 176 valence electrons. The van der Waals surface area contributed by atoms with Gasteiger partial charge in [-0.3, -0.25) is 9.59 Å². The van der Waals surface area contributed by atoms with E-state index < -0.39 is 0 Å². The SMILES string of the molecule is O=C(NCc1cc(CNCc2ccccc2)cc(CNC(=O)c2ccccc2)c1)c1ccccc1. The first kappa shape index (κ1) is 23.9. The van der Waals surface area contributed by atoms with Gasteiger partial charge in [-0.2, -0.15) is 0 Å². The number of rotatable bonds is 10. The maximum atomic E-state index is 12.5. The van der Waals surface area contributed by atoms with Crippen molar-refractivity contribution in [2.24, 2.45) is 0 Å². The fourth-order valence-electron chi connectivity index (χ4n) is 3.84. The zero-order valence-electron chi connectivity index (χ0n) is 19.5. The van der Waals surface area contributed by atoms with Crippen molar-refractivity contribution in [3.8, 4) is 0 Å². The quantitative estimate of drug-likeness (QED) is 0.315. The molecule has 0 spiro atoms. The molecule has 5 heteroatoms. The molecule has 0 bridgehead atoms. The van der Waals surface area contributed by atoms with Crippen LogP contribution >= 0.6 is 0 Å². The minimum Gasteiger partial charge on any atom is -0.348 e. The molecular weight excluding hydrogens is 434 g/mol. The van der Waals surface area contributed by atoms with Crippen LogP contribution in [0.4, 0.5) is 0 Å². The molecule has 3 N–H and O–H groups in total. The molecule has 4 rings (SSSR count). The summed E-state index contributed by atoms with van der Waals surface area (Å²) in [6.45, 7) is 2.24. The predicted molar refractivity (Wildman–Crippen MR) is 139 cm³/mol. The summed E-state index contributed by atoms with van der Waals surface area (Å²) in [5, 5.41) is 9.47. The number of benzene rings is 4. The van der Waals surface area contributed by atoms with Crippen molar-refractivity contribution in [1.82, 2.24) is 16.0 Å². The van der Waals surface area contributed by atoms with Gasteiger partial charge in [0.05, 0.1) is 0 Å². The fourth-order valence-corrected chi connectivity index (χ4v) is 3.84. The highest BCUT2D eigenvalue weighted by atomic mass is 16.2. The van der Waals surface area contributed by atoms with Crippen LogP contribution < -0.4 is 16.0 Å². The van der Waals surface area contributed by atoms with Crippen LogP contribution in [0.25, 0.3) is 0 Å². The van der Waals surface area contributed by atoms with E-state index in [1.165, 1.54) is 5.56 Å².